The van der Waals surface area contributed by atoms with Crippen molar-refractivity contribution in [3.63, 3.8) is 0 Å². The predicted octanol–water partition coefficient (Wildman–Crippen LogP) is 4.05. The third kappa shape index (κ3) is 3.52. The van der Waals surface area contributed by atoms with Crippen molar-refractivity contribution in [3.8, 4) is 11.5 Å². The number of methoxy groups -OCH3 is 1. The molecular weight excluding hydrogens is 386 g/mol. The van der Waals surface area contributed by atoms with Crippen molar-refractivity contribution in [1.29, 1.82) is 0 Å². The van der Waals surface area contributed by atoms with E-state index in [2.05, 4.69) is 4.98 Å². The van der Waals surface area contributed by atoms with E-state index in [1.54, 1.807) is 11.7 Å². The van der Waals surface area contributed by atoms with Crippen LogP contribution in [0.1, 0.15) is 31.2 Å². The van der Waals surface area contributed by atoms with Gasteiger partial charge in [-0.3, -0.25) is 19.5 Å². The fraction of sp³-hybridized carbons (Fsp3) is 0.273. The maximum absolute atomic E-state index is 12.9. The van der Waals surface area contributed by atoms with Crippen LogP contribution in [0.15, 0.2) is 41.2 Å². The van der Waals surface area contributed by atoms with Crippen molar-refractivity contribution in [2.45, 2.75) is 26.3 Å². The van der Waals surface area contributed by atoms with Crippen LogP contribution in [0.25, 0.3) is 22.6 Å². The lowest BCUT2D eigenvalue weighted by molar-refractivity contribution is -0.384. The molecule has 0 atom stereocenters. The molecular formula is C22H21N3O5. The summed E-state index contributed by atoms with van der Waals surface area (Å²) in [7, 11) is 1.60. The van der Waals surface area contributed by atoms with Gasteiger partial charge in [0, 0.05) is 18.7 Å². The minimum absolute atomic E-state index is 0.117. The molecule has 0 fully saturated rings. The Morgan fingerprint density at radius 2 is 2.07 bits per heavy atom. The molecule has 3 aromatic rings. The van der Waals surface area contributed by atoms with Crippen LogP contribution < -0.4 is 15.0 Å². The second-order valence-corrected chi connectivity index (χ2v) is 7.03. The normalized spacial score (nSPS) is 14.1. The topological polar surface area (TPSA) is 96.5 Å². The lowest BCUT2D eigenvalue weighted by Crippen LogP contribution is -2.20. The van der Waals surface area contributed by atoms with Gasteiger partial charge in [0.05, 0.1) is 29.5 Å². The zero-order valence-corrected chi connectivity index (χ0v) is 16.8. The predicted molar refractivity (Wildman–Crippen MR) is 114 cm³/mol. The van der Waals surface area contributed by atoms with E-state index < -0.39 is 4.92 Å². The summed E-state index contributed by atoms with van der Waals surface area (Å²) in [6.45, 7) is 3.12. The first kappa shape index (κ1) is 19.6. The van der Waals surface area contributed by atoms with Gasteiger partial charge in [-0.1, -0.05) is 13.0 Å². The number of nitro benzene ring substituents is 1. The van der Waals surface area contributed by atoms with Gasteiger partial charge in [0.25, 0.3) is 11.2 Å². The average Bonchev–Trinajstić information content (AvgIpc) is 3.15. The van der Waals surface area contributed by atoms with Crippen LogP contribution >= 0.6 is 0 Å². The van der Waals surface area contributed by atoms with E-state index in [9.17, 15) is 14.9 Å². The van der Waals surface area contributed by atoms with Crippen LogP contribution in [0, 0.1) is 10.1 Å². The number of fused-ring (bicyclic) bond motifs is 2. The molecule has 0 radical (unpaired) electrons. The van der Waals surface area contributed by atoms with E-state index in [0.717, 1.165) is 17.6 Å². The third-order valence-electron chi connectivity index (χ3n) is 5.03. The number of non-ortho nitro benzene ring substituents is 1. The minimum atomic E-state index is -0.510. The monoisotopic (exact) mass is 407 g/mol. The van der Waals surface area contributed by atoms with Crippen molar-refractivity contribution in [2.24, 2.45) is 0 Å². The van der Waals surface area contributed by atoms with Crippen LogP contribution in [0.4, 0.5) is 5.69 Å². The molecule has 1 aromatic heterocycles. The summed E-state index contributed by atoms with van der Waals surface area (Å²) in [5, 5.41) is 11.3. The molecule has 0 unspecified atom stereocenters. The minimum Gasteiger partial charge on any atom is -0.493 e. The highest BCUT2D eigenvalue weighted by atomic mass is 16.6. The average molecular weight is 407 g/mol. The summed E-state index contributed by atoms with van der Waals surface area (Å²) in [6.07, 6.45) is 3.53. The lowest BCUT2D eigenvalue weighted by Gasteiger charge is -2.11. The smallest absolute Gasteiger partial charge is 0.270 e. The van der Waals surface area contributed by atoms with Gasteiger partial charge in [0.1, 0.15) is 5.82 Å². The summed E-state index contributed by atoms with van der Waals surface area (Å²) in [5.74, 6) is 1.93. The first-order valence-electron chi connectivity index (χ1n) is 9.72. The maximum Gasteiger partial charge on any atom is 0.270 e. The zero-order valence-electron chi connectivity index (χ0n) is 16.8. The molecule has 8 heteroatoms. The highest BCUT2D eigenvalue weighted by Crippen LogP contribution is 2.32. The van der Waals surface area contributed by atoms with Crippen molar-refractivity contribution >= 4 is 28.2 Å². The number of benzene rings is 2. The summed E-state index contributed by atoms with van der Waals surface area (Å²) in [6, 6.07) is 9.87. The second kappa shape index (κ2) is 7.98. The molecule has 2 aromatic carbocycles. The number of ether oxygens (including phenoxy) is 2. The van der Waals surface area contributed by atoms with Crippen LogP contribution in [0.2, 0.25) is 0 Å². The van der Waals surface area contributed by atoms with Crippen molar-refractivity contribution in [2.75, 3.05) is 13.7 Å². The van der Waals surface area contributed by atoms with Crippen LogP contribution in [-0.2, 0) is 6.54 Å². The summed E-state index contributed by atoms with van der Waals surface area (Å²) < 4.78 is 12.7. The van der Waals surface area contributed by atoms with Gasteiger partial charge in [-0.15, -0.1) is 0 Å². The van der Waals surface area contributed by atoms with Crippen molar-refractivity contribution < 1.29 is 14.4 Å². The number of hydrogen-bond acceptors (Lipinski definition) is 6. The van der Waals surface area contributed by atoms with Crippen molar-refractivity contribution in [3.05, 3.63) is 68.3 Å². The summed E-state index contributed by atoms with van der Waals surface area (Å²) in [4.78, 5) is 28.0. The summed E-state index contributed by atoms with van der Waals surface area (Å²) >= 11 is 0. The van der Waals surface area contributed by atoms with Crippen LogP contribution in [-0.4, -0.2) is 28.2 Å². The molecule has 4 rings (SSSR count). The number of nitro groups is 1. The lowest BCUT2D eigenvalue weighted by atomic mass is 10.1. The van der Waals surface area contributed by atoms with Gasteiger partial charge in [0.2, 0.25) is 0 Å². The van der Waals surface area contributed by atoms with E-state index in [1.807, 2.05) is 31.2 Å². The number of rotatable bonds is 6. The molecule has 0 saturated heterocycles. The van der Waals surface area contributed by atoms with E-state index in [0.29, 0.717) is 42.4 Å². The second-order valence-electron chi connectivity index (χ2n) is 7.03. The van der Waals surface area contributed by atoms with Crippen LogP contribution in [0.5, 0.6) is 11.5 Å². The maximum atomic E-state index is 12.9. The Balaban J connectivity index is 1.77. The molecule has 0 N–H and O–H groups in total. The number of nitrogens with zero attached hydrogens (tertiary/aromatic N) is 3. The number of hydrogen-bond donors (Lipinski definition) is 0. The molecule has 0 aliphatic carbocycles. The quantitative estimate of drug-likeness (QED) is 0.452. The van der Waals surface area contributed by atoms with Crippen molar-refractivity contribution in [1.82, 2.24) is 9.55 Å². The van der Waals surface area contributed by atoms with Gasteiger partial charge >= 0.3 is 0 Å². The Bertz CT molecular complexity index is 1230. The van der Waals surface area contributed by atoms with Gasteiger partial charge < -0.3 is 9.47 Å². The molecule has 1 aliphatic heterocycles. The molecule has 0 saturated carbocycles. The fourth-order valence-corrected chi connectivity index (χ4v) is 3.56. The SMILES string of the molecule is CCCOc1cc(/C=C2\CCn3c2nc2ccc([N+](=O)[O-])cc2c3=O)ccc1OC. The highest BCUT2D eigenvalue weighted by Gasteiger charge is 2.22. The molecule has 1 aliphatic rings. The Morgan fingerprint density at radius 1 is 1.23 bits per heavy atom. The van der Waals surface area contributed by atoms with Crippen LogP contribution in [0.3, 0.4) is 0 Å². The Kier molecular flexibility index (Phi) is 5.22. The van der Waals surface area contributed by atoms with E-state index in [-0.39, 0.29) is 16.6 Å². The standard InChI is InChI=1S/C22H21N3O5/c1-3-10-30-20-12-14(4-7-19(20)29-2)11-15-8-9-24-21(15)23-18-6-5-16(25(27)28)13-17(18)22(24)26/h4-7,11-13H,3,8-10H2,1-2H3/b15-11+. The summed E-state index contributed by atoms with van der Waals surface area (Å²) in [5.41, 5.74) is 1.92. The third-order valence-corrected chi connectivity index (χ3v) is 5.03. The number of aromatic nitrogens is 2. The molecule has 8 nitrogen and oxygen atoms in total. The van der Waals surface area contributed by atoms with E-state index in [1.165, 1.54) is 18.2 Å². The molecule has 2 heterocycles. The zero-order chi connectivity index (χ0) is 21.3. The van der Waals surface area contributed by atoms with E-state index >= 15 is 0 Å². The largest absolute Gasteiger partial charge is 0.493 e. The molecule has 0 bridgehead atoms. The van der Waals surface area contributed by atoms with E-state index in [4.69, 9.17) is 9.47 Å². The molecule has 0 spiro atoms. The molecule has 30 heavy (non-hydrogen) atoms. The Morgan fingerprint density at radius 3 is 2.80 bits per heavy atom. The fourth-order valence-electron chi connectivity index (χ4n) is 3.56. The molecule has 154 valence electrons. The van der Waals surface area contributed by atoms with Gasteiger partial charge in [-0.2, -0.15) is 0 Å². The highest BCUT2D eigenvalue weighted by molar-refractivity contribution is 5.86. The number of allylic oxidation sites excluding steroid dienone is 1. The van der Waals surface area contributed by atoms with Gasteiger partial charge in [-0.25, -0.2) is 4.98 Å². The first-order valence-corrected chi connectivity index (χ1v) is 9.72. The van der Waals surface area contributed by atoms with Gasteiger partial charge in [-0.05, 0) is 48.3 Å². The Labute approximate surface area is 172 Å². The molecule has 0 amide bonds. The van der Waals surface area contributed by atoms with Gasteiger partial charge in [0.15, 0.2) is 11.5 Å². The first-order chi connectivity index (χ1) is 14.5. The Hall–Kier alpha value is -3.68.